The van der Waals surface area contributed by atoms with Crippen molar-refractivity contribution < 1.29 is 53.1 Å². The molecule has 0 aliphatic heterocycles. The molecule has 128 valence electrons. The number of hydrogen-bond acceptors (Lipinski definition) is 0. The van der Waals surface area contributed by atoms with Gasteiger partial charge in [0.05, 0.1) is 0 Å². The minimum atomic E-state index is -0.0799. The molecule has 4 atom stereocenters. The van der Waals surface area contributed by atoms with Crippen LogP contribution in [0.3, 0.4) is 0 Å². The fourth-order valence-electron chi connectivity index (χ4n) is 2.26. The first-order valence-corrected chi connectivity index (χ1v) is 6.45. The monoisotopic (exact) mass is 650 g/mol. The van der Waals surface area contributed by atoms with Crippen molar-refractivity contribution in [1.82, 2.24) is 0 Å². The molecule has 2 aliphatic rings. The topological polar surface area (TPSA) is 158 Å². The Morgan fingerprint density at radius 2 is 0.600 bits per heavy atom. The fourth-order valence-corrected chi connectivity index (χ4v) is 2.26. The third-order valence-corrected chi connectivity index (χ3v) is 3.53. The summed E-state index contributed by atoms with van der Waals surface area (Å²) in [5, 5.41) is 0. The van der Waals surface area contributed by atoms with Crippen LogP contribution in [-0.2, 0) is 42.1 Å². The van der Waals surface area contributed by atoms with Crippen molar-refractivity contribution in [2.75, 3.05) is 0 Å². The fraction of sp³-hybridized carbons (Fsp3) is 1.00. The van der Waals surface area contributed by atoms with Gasteiger partial charge in [-0.15, -0.1) is 0 Å². The van der Waals surface area contributed by atoms with Gasteiger partial charge in [-0.25, -0.2) is 0 Å². The Morgan fingerprint density at radius 1 is 0.450 bits per heavy atom. The Bertz CT molecular complexity index is 164. The largest absolute Gasteiger partial charge is 2.00 e. The zero-order chi connectivity index (χ0) is 12.0. The maximum Gasteiger partial charge on any atom is 2.00 e. The van der Waals surface area contributed by atoms with Crippen molar-refractivity contribution in [3.05, 3.63) is 22.9 Å². The van der Waals surface area contributed by atoms with E-state index in [-0.39, 0.29) is 77.3 Å². The molecule has 2 saturated carbocycles. The van der Waals surface area contributed by atoms with Crippen LogP contribution in [0.2, 0.25) is 0 Å². The number of nitrogens with one attached hydrogen (secondary N) is 4. The molecular weight excluding hydrogens is 622 g/mol. The molecule has 6 nitrogen and oxygen atoms in total. The van der Waals surface area contributed by atoms with Crippen molar-refractivity contribution >= 4 is 0 Å². The SMILES string of the molecule is O.O.[NH-][C@@H]1CCCC[C@H]1[NH-].[NH-][C@H]1CCCC[C@@H]1[NH-].[Pt+2].[Pt+2]. The smallest absolute Gasteiger partial charge is 0.676 e. The standard InChI is InChI=1S/2C6H12N2.2H2O.2Pt/c2*7-5-3-1-2-4-6(5)8;;;;/h2*5-8H,1-4H2;2*1H2;;/q2*-2;;;2*+2/t2*5-,6-;;;;/m10..../s1. The molecule has 8 heteroatoms. The summed E-state index contributed by atoms with van der Waals surface area (Å²) in [6.07, 6.45) is 8.49. The summed E-state index contributed by atoms with van der Waals surface area (Å²) in [5.41, 5.74) is 29.2. The zero-order valence-corrected chi connectivity index (χ0v) is 16.1. The van der Waals surface area contributed by atoms with E-state index in [9.17, 15) is 0 Å². The third-order valence-electron chi connectivity index (χ3n) is 3.53. The second-order valence-electron chi connectivity index (χ2n) is 4.99. The van der Waals surface area contributed by atoms with Crippen molar-refractivity contribution in [3.8, 4) is 0 Å². The van der Waals surface area contributed by atoms with Crippen molar-refractivity contribution in [3.63, 3.8) is 0 Å². The molecule has 0 amide bonds. The summed E-state index contributed by atoms with van der Waals surface area (Å²) < 4.78 is 0. The van der Waals surface area contributed by atoms with Crippen LogP contribution in [0.5, 0.6) is 0 Å². The summed E-state index contributed by atoms with van der Waals surface area (Å²) >= 11 is 0. The molecule has 0 aromatic heterocycles. The molecule has 0 unspecified atom stereocenters. The summed E-state index contributed by atoms with van der Waals surface area (Å²) in [5.74, 6) is 0. The second-order valence-corrected chi connectivity index (χ2v) is 4.99. The van der Waals surface area contributed by atoms with Gasteiger partial charge in [0.1, 0.15) is 0 Å². The maximum absolute atomic E-state index is 7.29. The van der Waals surface area contributed by atoms with Crippen LogP contribution in [-0.4, -0.2) is 35.1 Å². The van der Waals surface area contributed by atoms with Crippen molar-refractivity contribution in [1.29, 1.82) is 0 Å². The molecule has 0 heterocycles. The average molecular weight is 651 g/mol. The molecule has 0 bridgehead atoms. The van der Waals surface area contributed by atoms with E-state index in [1.54, 1.807) is 0 Å². The molecule has 2 aliphatic carbocycles. The minimum absolute atomic E-state index is 0. The minimum Gasteiger partial charge on any atom is -0.676 e. The van der Waals surface area contributed by atoms with Gasteiger partial charge < -0.3 is 33.9 Å². The van der Waals surface area contributed by atoms with Gasteiger partial charge in [0.15, 0.2) is 0 Å². The van der Waals surface area contributed by atoms with Crippen LogP contribution in [0.1, 0.15) is 51.4 Å². The first-order chi connectivity index (χ1) is 7.61. The normalized spacial score (nSPS) is 31.8. The Balaban J connectivity index is -0.000000107. The molecule has 0 radical (unpaired) electrons. The third kappa shape index (κ3) is 11.8. The van der Waals surface area contributed by atoms with E-state index in [4.69, 9.17) is 22.9 Å². The Kier molecular flexibility index (Phi) is 24.1. The predicted octanol–water partition coefficient (Wildman–Crippen LogP) is 3.15. The molecule has 8 N–H and O–H groups in total. The van der Waals surface area contributed by atoms with E-state index >= 15 is 0 Å². The molecule has 0 aromatic carbocycles. The van der Waals surface area contributed by atoms with Crippen molar-refractivity contribution in [2.24, 2.45) is 0 Å². The van der Waals surface area contributed by atoms with Gasteiger partial charge in [0, 0.05) is 0 Å². The number of rotatable bonds is 0. The van der Waals surface area contributed by atoms with Crippen LogP contribution >= 0.6 is 0 Å². The van der Waals surface area contributed by atoms with E-state index in [0.29, 0.717) is 0 Å². The van der Waals surface area contributed by atoms with Crippen LogP contribution in [0, 0.1) is 0 Å². The molecule has 2 rings (SSSR count). The van der Waals surface area contributed by atoms with E-state index in [2.05, 4.69) is 0 Å². The molecule has 2 fully saturated rings. The number of hydrogen-bond donors (Lipinski definition) is 0. The molecule has 0 aromatic rings. The molecule has 20 heavy (non-hydrogen) atoms. The van der Waals surface area contributed by atoms with E-state index in [1.807, 2.05) is 0 Å². The maximum atomic E-state index is 7.29. The van der Waals surface area contributed by atoms with Gasteiger partial charge in [-0.05, 0) is 0 Å². The van der Waals surface area contributed by atoms with Gasteiger partial charge in [-0.1, -0.05) is 51.4 Å². The summed E-state index contributed by atoms with van der Waals surface area (Å²) in [7, 11) is 0. The second kappa shape index (κ2) is 16.5. The van der Waals surface area contributed by atoms with Gasteiger partial charge in [0.25, 0.3) is 0 Å². The summed E-state index contributed by atoms with van der Waals surface area (Å²) in [6, 6.07) is -0.319. The first-order valence-electron chi connectivity index (χ1n) is 6.45. The Morgan fingerprint density at radius 3 is 0.700 bits per heavy atom. The average Bonchev–Trinajstić information content (AvgIpc) is 2.28. The van der Waals surface area contributed by atoms with Gasteiger partial charge in [0.2, 0.25) is 0 Å². The predicted molar refractivity (Wildman–Crippen MR) is 76.6 cm³/mol. The van der Waals surface area contributed by atoms with Crippen LogP contribution in [0.15, 0.2) is 0 Å². The van der Waals surface area contributed by atoms with Gasteiger partial charge >= 0.3 is 42.1 Å². The quantitative estimate of drug-likeness (QED) is 0.378. The molecule has 0 saturated heterocycles. The van der Waals surface area contributed by atoms with Crippen LogP contribution in [0.25, 0.3) is 22.9 Å². The van der Waals surface area contributed by atoms with E-state index in [1.165, 1.54) is 25.7 Å². The van der Waals surface area contributed by atoms with Crippen molar-refractivity contribution in [2.45, 2.75) is 75.5 Å². The molecule has 0 spiro atoms. The van der Waals surface area contributed by atoms with Crippen LogP contribution in [0.4, 0.5) is 0 Å². The van der Waals surface area contributed by atoms with E-state index in [0.717, 1.165) is 25.7 Å². The Labute approximate surface area is 151 Å². The van der Waals surface area contributed by atoms with E-state index < -0.39 is 0 Å². The summed E-state index contributed by atoms with van der Waals surface area (Å²) in [4.78, 5) is 0. The van der Waals surface area contributed by atoms with Gasteiger partial charge in [-0.2, -0.15) is 24.2 Å². The first kappa shape index (κ1) is 29.2. The molecular formula is C12H28N4O2Pt2. The summed E-state index contributed by atoms with van der Waals surface area (Å²) in [6.45, 7) is 0. The van der Waals surface area contributed by atoms with Crippen LogP contribution < -0.4 is 0 Å². The zero-order valence-electron chi connectivity index (χ0n) is 11.6. The Hall–Kier alpha value is 1.14. The van der Waals surface area contributed by atoms with Gasteiger partial charge in [-0.3, -0.25) is 0 Å².